The number of likely N-dealkylation sites (tertiary alicyclic amines) is 1. The molecule has 1 saturated heterocycles. The van der Waals surface area contributed by atoms with Crippen molar-refractivity contribution in [3.63, 3.8) is 0 Å². The number of aromatic amines is 1. The Kier molecular flexibility index (Phi) is 8.49. The number of nitrogens with zero attached hydrogens (tertiary/aromatic N) is 3. The van der Waals surface area contributed by atoms with E-state index in [0.29, 0.717) is 32.5 Å². The van der Waals surface area contributed by atoms with Crippen molar-refractivity contribution in [1.82, 2.24) is 25.1 Å². The molecule has 240 valence electrons. The van der Waals surface area contributed by atoms with Gasteiger partial charge in [-0.2, -0.15) is 8.78 Å². The third-order valence-electron chi connectivity index (χ3n) is 8.63. The lowest BCUT2D eigenvalue weighted by atomic mass is 9.99. The number of fused-ring (bicyclic) bond motifs is 2. The number of aromatic nitrogens is 2. The number of benzene rings is 2. The molecule has 3 amide bonds. The number of halogens is 2. The molecule has 46 heavy (non-hydrogen) atoms. The second-order valence-corrected chi connectivity index (χ2v) is 13.3. The van der Waals surface area contributed by atoms with Gasteiger partial charge in [-0.25, -0.2) is 0 Å². The van der Waals surface area contributed by atoms with Gasteiger partial charge in [0.05, 0.1) is 0 Å². The second-order valence-electron chi connectivity index (χ2n) is 11.6. The molecule has 0 saturated carbocycles. The summed E-state index contributed by atoms with van der Waals surface area (Å²) in [5.74, 6) is -1.24. The summed E-state index contributed by atoms with van der Waals surface area (Å²) in [4.78, 5) is 69.7. The number of alkyl halides is 2. The van der Waals surface area contributed by atoms with E-state index in [9.17, 15) is 27.7 Å². The van der Waals surface area contributed by atoms with E-state index in [-0.39, 0.29) is 28.9 Å². The lowest BCUT2D eigenvalue weighted by Gasteiger charge is -2.35. The fraction of sp³-hybridized carbons (Fsp3) is 0.312. The molecule has 11 nitrogen and oxygen atoms in total. The average Bonchev–Trinajstić information content (AvgIpc) is 3.71. The van der Waals surface area contributed by atoms with Gasteiger partial charge in [-0.1, -0.05) is 30.3 Å². The standard InChI is InChI=1S/C32H32F2N5O6P/c33-32(34,46(43,44)45)24-7-8-25-23(17-24)18-26(36-25)29(40)37-27(16-20-9-12-35-13-10-20)30(41)39-14-3-6-28(39)31(42)38-15-11-21-4-1-2-5-22(21)19-38/h1-2,4-5,7-10,12-13,17-18,27-28,36H,3,6,11,14-16,19H2,(H,37,40)(H2,43,44,45). The molecule has 0 spiro atoms. The predicted molar refractivity (Wildman–Crippen MR) is 164 cm³/mol. The number of H-pyrrole nitrogens is 1. The highest BCUT2D eigenvalue weighted by molar-refractivity contribution is 7.52. The van der Waals surface area contributed by atoms with Gasteiger partial charge in [0.25, 0.3) is 5.91 Å². The van der Waals surface area contributed by atoms with Gasteiger partial charge in [0, 0.05) is 54.9 Å². The molecule has 4 N–H and O–H groups in total. The zero-order valence-electron chi connectivity index (χ0n) is 24.6. The largest absolute Gasteiger partial charge is 0.399 e. The van der Waals surface area contributed by atoms with Crippen molar-refractivity contribution < 1.29 is 37.5 Å². The maximum atomic E-state index is 14.3. The first kappa shape index (κ1) is 31.5. The molecule has 2 aliphatic rings. The smallest absolute Gasteiger partial charge is 0.351 e. The third kappa shape index (κ3) is 6.18. The summed E-state index contributed by atoms with van der Waals surface area (Å²) in [5, 5.41) is 2.89. The van der Waals surface area contributed by atoms with Crippen LogP contribution in [0.15, 0.2) is 73.1 Å². The van der Waals surface area contributed by atoms with Gasteiger partial charge in [0.15, 0.2) is 0 Å². The van der Waals surface area contributed by atoms with Crippen molar-refractivity contribution in [2.45, 2.75) is 50.0 Å². The first-order valence-electron chi connectivity index (χ1n) is 14.8. The van der Waals surface area contributed by atoms with Gasteiger partial charge in [-0.3, -0.25) is 23.9 Å². The topological polar surface area (TPSA) is 156 Å². The number of carbonyl (C=O) groups excluding carboxylic acids is 3. The molecule has 0 bridgehead atoms. The molecule has 2 aromatic heterocycles. The van der Waals surface area contributed by atoms with Crippen LogP contribution < -0.4 is 5.32 Å². The number of nitrogens with one attached hydrogen (secondary N) is 2. The van der Waals surface area contributed by atoms with Crippen LogP contribution in [0.25, 0.3) is 10.9 Å². The molecule has 2 unspecified atom stereocenters. The molecule has 2 aromatic carbocycles. The quantitative estimate of drug-likeness (QED) is 0.212. The van der Waals surface area contributed by atoms with Gasteiger partial charge >= 0.3 is 13.3 Å². The first-order valence-corrected chi connectivity index (χ1v) is 16.5. The number of pyridine rings is 1. The normalized spacial score (nSPS) is 17.5. The molecule has 1 fully saturated rings. The molecule has 0 radical (unpaired) electrons. The summed E-state index contributed by atoms with van der Waals surface area (Å²) in [6.07, 6.45) is 5.11. The highest BCUT2D eigenvalue weighted by Gasteiger charge is 2.50. The Morgan fingerprint density at radius 1 is 1.04 bits per heavy atom. The number of amides is 3. The summed E-state index contributed by atoms with van der Waals surface area (Å²) in [7, 11) is -5.79. The molecule has 4 heterocycles. The van der Waals surface area contributed by atoms with E-state index < -0.39 is 42.7 Å². The van der Waals surface area contributed by atoms with Gasteiger partial charge in [0.1, 0.15) is 17.8 Å². The van der Waals surface area contributed by atoms with Crippen molar-refractivity contribution in [1.29, 1.82) is 0 Å². The lowest BCUT2D eigenvalue weighted by Crippen LogP contribution is -2.55. The maximum Gasteiger partial charge on any atom is 0.399 e. The van der Waals surface area contributed by atoms with E-state index in [1.165, 1.54) is 22.6 Å². The Balaban J connectivity index is 1.23. The summed E-state index contributed by atoms with van der Waals surface area (Å²) in [6, 6.07) is 13.9. The Labute approximate surface area is 262 Å². The molecule has 2 aliphatic heterocycles. The molecule has 4 aromatic rings. The van der Waals surface area contributed by atoms with Gasteiger partial charge < -0.3 is 29.9 Å². The van der Waals surface area contributed by atoms with Crippen molar-refractivity contribution in [2.75, 3.05) is 13.1 Å². The summed E-state index contributed by atoms with van der Waals surface area (Å²) in [6.45, 7) is 1.37. The molecule has 6 rings (SSSR count). The first-order chi connectivity index (χ1) is 21.9. The van der Waals surface area contributed by atoms with E-state index >= 15 is 0 Å². The predicted octanol–water partition coefficient (Wildman–Crippen LogP) is 3.71. The van der Waals surface area contributed by atoms with Crippen LogP contribution in [0.1, 0.15) is 45.6 Å². The molecule has 2 atom stereocenters. The van der Waals surface area contributed by atoms with Crippen LogP contribution in [0, 0.1) is 0 Å². The minimum absolute atomic E-state index is 0.0415. The van der Waals surface area contributed by atoms with E-state index in [2.05, 4.69) is 21.4 Å². The van der Waals surface area contributed by atoms with Gasteiger partial charge in [-0.05, 0) is 66.3 Å². The minimum atomic E-state index is -5.79. The van der Waals surface area contributed by atoms with Crippen LogP contribution in [0.5, 0.6) is 0 Å². The van der Waals surface area contributed by atoms with Gasteiger partial charge in [0.2, 0.25) is 11.8 Å². The maximum absolute atomic E-state index is 14.3. The number of rotatable bonds is 8. The summed E-state index contributed by atoms with van der Waals surface area (Å²) >= 11 is 0. The summed E-state index contributed by atoms with van der Waals surface area (Å²) < 4.78 is 40.0. The van der Waals surface area contributed by atoms with Crippen LogP contribution >= 0.6 is 7.60 Å². The second kappa shape index (κ2) is 12.4. The van der Waals surface area contributed by atoms with E-state index in [0.717, 1.165) is 29.7 Å². The fourth-order valence-corrected chi connectivity index (χ4v) is 6.66. The van der Waals surface area contributed by atoms with Gasteiger partial charge in [-0.15, -0.1) is 0 Å². The summed E-state index contributed by atoms with van der Waals surface area (Å²) in [5.41, 5.74) is -2.06. The Morgan fingerprint density at radius 3 is 2.52 bits per heavy atom. The SMILES string of the molecule is O=C(NC(Cc1ccncc1)C(=O)N1CCCC1C(=O)N1CCc2ccccc2C1)c1cc2cc(C(F)(F)P(=O)(O)O)ccc2[nH]1. The van der Waals surface area contributed by atoms with Crippen molar-refractivity contribution in [3.8, 4) is 0 Å². The number of hydrogen-bond donors (Lipinski definition) is 4. The molecular weight excluding hydrogens is 619 g/mol. The monoisotopic (exact) mass is 651 g/mol. The van der Waals surface area contributed by atoms with Crippen molar-refractivity contribution >= 4 is 36.2 Å². The van der Waals surface area contributed by atoms with Crippen molar-refractivity contribution in [3.05, 3.63) is 101 Å². The van der Waals surface area contributed by atoms with Crippen LogP contribution in [0.4, 0.5) is 8.78 Å². The molecular formula is C32H32F2N5O6P. The third-order valence-corrected chi connectivity index (χ3v) is 9.62. The minimum Gasteiger partial charge on any atom is -0.351 e. The lowest BCUT2D eigenvalue weighted by molar-refractivity contribution is -0.145. The van der Waals surface area contributed by atoms with E-state index in [1.807, 2.05) is 18.2 Å². The number of carbonyl (C=O) groups is 3. The average molecular weight is 652 g/mol. The zero-order valence-corrected chi connectivity index (χ0v) is 25.5. The van der Waals surface area contributed by atoms with Crippen LogP contribution in [-0.2, 0) is 39.2 Å². The molecule has 14 heteroatoms. The van der Waals surface area contributed by atoms with E-state index in [4.69, 9.17) is 9.79 Å². The molecule has 0 aliphatic carbocycles. The highest BCUT2D eigenvalue weighted by Crippen LogP contribution is 2.59. The van der Waals surface area contributed by atoms with Crippen LogP contribution in [0.3, 0.4) is 0 Å². The Hall–Kier alpha value is -4.45. The Morgan fingerprint density at radius 2 is 1.78 bits per heavy atom. The Bertz CT molecular complexity index is 1850. The van der Waals surface area contributed by atoms with E-state index in [1.54, 1.807) is 29.4 Å². The number of hydrogen-bond acceptors (Lipinski definition) is 5. The van der Waals surface area contributed by atoms with Crippen LogP contribution in [0.2, 0.25) is 0 Å². The van der Waals surface area contributed by atoms with Crippen LogP contribution in [-0.4, -0.2) is 72.4 Å². The fourth-order valence-electron chi connectivity index (χ4n) is 6.18. The van der Waals surface area contributed by atoms with Crippen molar-refractivity contribution in [2.24, 2.45) is 0 Å². The highest BCUT2D eigenvalue weighted by atomic mass is 31.2. The zero-order chi connectivity index (χ0) is 32.6.